The van der Waals surface area contributed by atoms with Crippen molar-refractivity contribution in [2.75, 3.05) is 0 Å². The smallest absolute Gasteiger partial charge is 0.185 e. The molecule has 1 aromatic heterocycles. The number of hydrogen-bond donors (Lipinski definition) is 0. The Morgan fingerprint density at radius 2 is 1.65 bits per heavy atom. The van der Waals surface area contributed by atoms with E-state index in [1.165, 1.54) is 18.5 Å². The molecule has 0 atom stereocenters. The third-order valence-corrected chi connectivity index (χ3v) is 2.96. The molecule has 0 bridgehead atoms. The number of aryl methyl sites for hydroxylation is 1. The fraction of sp³-hybridized carbons (Fsp3) is 0.235. The monoisotopic (exact) mass is 309 g/mol. The van der Waals surface area contributed by atoms with Gasteiger partial charge in [0.2, 0.25) is 0 Å². The molecular formula is C17H21FeN2-5. The van der Waals surface area contributed by atoms with Crippen molar-refractivity contribution >= 4 is 0 Å². The van der Waals surface area contributed by atoms with Crippen molar-refractivity contribution in [1.82, 2.24) is 4.57 Å². The molecule has 0 aliphatic rings. The summed E-state index contributed by atoms with van der Waals surface area (Å²) in [6.07, 6.45) is 8.86. The molecule has 0 saturated carbocycles. The van der Waals surface area contributed by atoms with Crippen molar-refractivity contribution in [2.45, 2.75) is 26.3 Å². The Labute approximate surface area is 131 Å². The second kappa shape index (κ2) is 9.35. The molecule has 2 aromatic carbocycles. The van der Waals surface area contributed by atoms with E-state index >= 15 is 0 Å². The molecule has 0 radical (unpaired) electrons. The molecule has 2 nitrogen and oxygen atoms in total. The Bertz CT molecular complexity index is 518. The van der Waals surface area contributed by atoms with Gasteiger partial charge in [-0.2, -0.15) is 0 Å². The molecule has 112 valence electrons. The SMILES string of the molecule is CCCCn1cc[n+](-[c-]2cccc2)c1.[Fe].[cH-]1[cH-][cH-][cH-][cH-]1. The maximum atomic E-state index is 2.23. The minimum atomic E-state index is 0. The minimum absolute atomic E-state index is 0. The van der Waals surface area contributed by atoms with Gasteiger partial charge >= 0.3 is 0 Å². The van der Waals surface area contributed by atoms with Crippen LogP contribution in [0.15, 0.2) is 73.3 Å². The van der Waals surface area contributed by atoms with Gasteiger partial charge in [0.05, 0.1) is 24.6 Å². The predicted octanol–water partition coefficient (Wildman–Crippen LogP) is 3.69. The fourth-order valence-electron chi connectivity index (χ4n) is 1.88. The molecule has 1 heterocycles. The largest absolute Gasteiger partial charge is 0.748 e. The molecule has 0 unspecified atom stereocenters. The number of hydrogen-bond acceptors (Lipinski definition) is 0. The van der Waals surface area contributed by atoms with Crippen LogP contribution in [-0.4, -0.2) is 4.57 Å². The zero-order valence-electron chi connectivity index (χ0n) is 11.8. The minimum Gasteiger partial charge on any atom is -0.748 e. The van der Waals surface area contributed by atoms with Gasteiger partial charge in [0.1, 0.15) is 0 Å². The standard InChI is InChI=1S/C12H16N2.C5H5.Fe/c1-2-3-8-13-9-10-14(11-13)12-6-4-5-7-12;1-2-4-5-3-1;/h4-7,9-11H,2-3,8H2,1H3;1-5H;/q;-5;. The van der Waals surface area contributed by atoms with Gasteiger partial charge in [-0.05, 0) is 6.42 Å². The molecule has 3 heteroatoms. The maximum Gasteiger partial charge on any atom is 0.185 e. The molecule has 20 heavy (non-hydrogen) atoms. The van der Waals surface area contributed by atoms with Gasteiger partial charge in [0.25, 0.3) is 0 Å². The molecule has 3 aromatic rings. The van der Waals surface area contributed by atoms with Gasteiger partial charge in [0.15, 0.2) is 6.33 Å². The fourth-order valence-corrected chi connectivity index (χ4v) is 1.88. The van der Waals surface area contributed by atoms with Crippen molar-refractivity contribution in [3.05, 3.63) is 73.3 Å². The Morgan fingerprint density at radius 3 is 2.20 bits per heavy atom. The first-order valence-electron chi connectivity index (χ1n) is 6.86. The van der Waals surface area contributed by atoms with Crippen LogP contribution in [0.1, 0.15) is 19.8 Å². The summed E-state index contributed by atoms with van der Waals surface area (Å²) >= 11 is 0. The zero-order valence-corrected chi connectivity index (χ0v) is 12.9. The summed E-state index contributed by atoms with van der Waals surface area (Å²) in [5, 5.41) is 0. The molecule has 0 N–H and O–H groups in total. The van der Waals surface area contributed by atoms with Gasteiger partial charge in [-0.1, -0.05) is 25.5 Å². The Balaban J connectivity index is 0.000000283. The van der Waals surface area contributed by atoms with Crippen LogP contribution in [0.2, 0.25) is 0 Å². The van der Waals surface area contributed by atoms with E-state index in [9.17, 15) is 0 Å². The first-order valence-corrected chi connectivity index (χ1v) is 6.86. The Morgan fingerprint density at radius 1 is 1.05 bits per heavy atom. The summed E-state index contributed by atoms with van der Waals surface area (Å²) in [5.74, 6) is 0. The number of imidazole rings is 1. The van der Waals surface area contributed by atoms with Crippen molar-refractivity contribution in [3.8, 4) is 5.69 Å². The first-order chi connectivity index (χ1) is 9.40. The third kappa shape index (κ3) is 5.20. The zero-order chi connectivity index (χ0) is 13.3. The van der Waals surface area contributed by atoms with E-state index in [0.29, 0.717) is 0 Å². The summed E-state index contributed by atoms with van der Waals surface area (Å²) in [7, 11) is 0. The van der Waals surface area contributed by atoms with Crippen LogP contribution in [-0.2, 0) is 23.6 Å². The van der Waals surface area contributed by atoms with E-state index < -0.39 is 0 Å². The van der Waals surface area contributed by atoms with E-state index in [2.05, 4.69) is 59.0 Å². The molecule has 0 aliphatic heterocycles. The summed E-state index contributed by atoms with van der Waals surface area (Å²) in [4.78, 5) is 0. The molecule has 0 spiro atoms. The molecular weight excluding hydrogens is 288 g/mol. The number of nitrogens with zero attached hydrogens (tertiary/aromatic N) is 2. The molecule has 0 fully saturated rings. The second-order valence-corrected chi connectivity index (χ2v) is 4.52. The molecule has 3 rings (SSSR count). The van der Waals surface area contributed by atoms with Gasteiger partial charge < -0.3 is 30.3 Å². The average Bonchev–Trinajstić information content (AvgIpc) is 3.18. The predicted molar refractivity (Wildman–Crippen MR) is 78.5 cm³/mol. The van der Waals surface area contributed by atoms with E-state index in [-0.39, 0.29) is 17.1 Å². The average molecular weight is 309 g/mol. The first kappa shape index (κ1) is 16.5. The van der Waals surface area contributed by atoms with Gasteiger partial charge in [0, 0.05) is 17.1 Å². The third-order valence-electron chi connectivity index (χ3n) is 2.96. The number of aromatic nitrogens is 2. The van der Waals surface area contributed by atoms with E-state index in [0.717, 1.165) is 6.54 Å². The number of rotatable bonds is 4. The van der Waals surface area contributed by atoms with Crippen LogP contribution < -0.4 is 4.57 Å². The van der Waals surface area contributed by atoms with Crippen LogP contribution in [0.3, 0.4) is 0 Å². The van der Waals surface area contributed by atoms with Crippen LogP contribution >= 0.6 is 0 Å². The summed E-state index contributed by atoms with van der Waals surface area (Å²) in [6, 6.07) is 18.4. The summed E-state index contributed by atoms with van der Waals surface area (Å²) < 4.78 is 4.38. The second-order valence-electron chi connectivity index (χ2n) is 4.52. The van der Waals surface area contributed by atoms with Crippen molar-refractivity contribution in [1.29, 1.82) is 0 Å². The summed E-state index contributed by atoms with van der Waals surface area (Å²) in [6.45, 7) is 3.33. The van der Waals surface area contributed by atoms with Gasteiger partial charge in [-0.15, -0.1) is 12.1 Å². The van der Waals surface area contributed by atoms with Crippen LogP contribution in [0.5, 0.6) is 0 Å². The quantitative estimate of drug-likeness (QED) is 0.395. The van der Waals surface area contributed by atoms with Gasteiger partial charge in [-0.3, -0.25) is 9.13 Å². The normalized spacial score (nSPS) is 9.45. The van der Waals surface area contributed by atoms with Crippen LogP contribution in [0, 0.1) is 0 Å². The van der Waals surface area contributed by atoms with Crippen LogP contribution in [0.4, 0.5) is 0 Å². The van der Waals surface area contributed by atoms with Crippen LogP contribution in [0.25, 0.3) is 5.69 Å². The van der Waals surface area contributed by atoms with Crippen molar-refractivity contribution in [2.24, 2.45) is 0 Å². The van der Waals surface area contributed by atoms with E-state index in [1.807, 2.05) is 30.3 Å². The van der Waals surface area contributed by atoms with E-state index in [1.54, 1.807) is 0 Å². The maximum absolute atomic E-state index is 2.23. The molecule has 0 amide bonds. The van der Waals surface area contributed by atoms with Crippen molar-refractivity contribution < 1.29 is 21.6 Å². The molecule has 0 saturated heterocycles. The van der Waals surface area contributed by atoms with Crippen molar-refractivity contribution in [3.63, 3.8) is 0 Å². The molecule has 0 aliphatic carbocycles. The van der Waals surface area contributed by atoms with Gasteiger partial charge in [-0.25, -0.2) is 0 Å². The Hall–Kier alpha value is -1.57. The number of unbranched alkanes of at least 4 members (excludes halogenated alkanes) is 1. The van der Waals surface area contributed by atoms with E-state index in [4.69, 9.17) is 0 Å². The Kier molecular flexibility index (Phi) is 7.71. The topological polar surface area (TPSA) is 8.81 Å². The summed E-state index contributed by atoms with van der Waals surface area (Å²) in [5.41, 5.74) is 1.24.